The van der Waals surface area contributed by atoms with Crippen LogP contribution < -0.4 is 10.6 Å². The normalized spacial score (nSPS) is 26.6. The molecule has 6 nitrogen and oxygen atoms in total. The molecule has 0 saturated heterocycles. The molecule has 0 aromatic heterocycles. The number of esters is 1. The number of carbonyl (C=O) groups excluding carboxylic acids is 3. The first-order chi connectivity index (χ1) is 9.97. The lowest BCUT2D eigenvalue weighted by Crippen LogP contribution is -2.48. The van der Waals surface area contributed by atoms with Crippen LogP contribution in [0, 0.1) is 11.8 Å². The van der Waals surface area contributed by atoms with Crippen molar-refractivity contribution >= 4 is 17.9 Å². The van der Waals surface area contributed by atoms with Gasteiger partial charge in [-0.1, -0.05) is 26.2 Å². The van der Waals surface area contributed by atoms with Crippen LogP contribution >= 0.6 is 0 Å². The van der Waals surface area contributed by atoms with Gasteiger partial charge < -0.3 is 10.1 Å². The fourth-order valence-corrected chi connectivity index (χ4v) is 2.65. The molecule has 0 bridgehead atoms. The van der Waals surface area contributed by atoms with E-state index in [1.807, 2.05) is 6.92 Å². The van der Waals surface area contributed by atoms with E-state index in [1.165, 1.54) is 13.3 Å². The molecule has 3 atom stereocenters. The molecule has 0 heterocycles. The number of ether oxygens (including phenoxy) is 1. The minimum absolute atomic E-state index is 0.0867. The van der Waals surface area contributed by atoms with Crippen LogP contribution in [0.1, 0.15) is 52.4 Å². The van der Waals surface area contributed by atoms with E-state index in [0.717, 1.165) is 32.1 Å². The monoisotopic (exact) mass is 296 g/mol. The Bertz CT molecular complexity index is 418. The van der Waals surface area contributed by atoms with Crippen molar-refractivity contribution in [2.45, 2.75) is 64.5 Å². The Morgan fingerprint density at radius 3 is 2.33 bits per heavy atom. The van der Waals surface area contributed by atoms with E-state index in [0.29, 0.717) is 5.92 Å². The summed E-state index contributed by atoms with van der Waals surface area (Å²) in [4.78, 5) is 35.2. The van der Waals surface area contributed by atoms with Crippen molar-refractivity contribution in [3.05, 3.63) is 0 Å². The quantitative estimate of drug-likeness (QED) is 0.774. The van der Waals surface area contributed by atoms with E-state index >= 15 is 0 Å². The minimum atomic E-state index is -0.942. The van der Waals surface area contributed by atoms with Gasteiger partial charge in [0.1, 0.15) is 0 Å². The maximum absolute atomic E-state index is 11.8. The largest absolute Gasteiger partial charge is 0.452 e. The van der Waals surface area contributed by atoms with Crippen LogP contribution in [0.4, 0.5) is 4.79 Å². The number of hydrogen-bond acceptors (Lipinski definition) is 4. The molecule has 0 aliphatic heterocycles. The Hall–Kier alpha value is -1.59. The molecule has 2 N–H and O–H groups in total. The fraction of sp³-hybridized carbons (Fsp3) is 0.800. The second-order valence-corrected chi connectivity index (χ2v) is 6.20. The summed E-state index contributed by atoms with van der Waals surface area (Å²) in [5.74, 6) is -0.679. The third-order valence-electron chi connectivity index (χ3n) is 4.25. The van der Waals surface area contributed by atoms with Crippen molar-refractivity contribution in [2.24, 2.45) is 11.8 Å². The molecule has 6 heteroatoms. The molecule has 0 unspecified atom stereocenters. The minimum Gasteiger partial charge on any atom is -0.452 e. The average Bonchev–Trinajstić information content (AvgIpc) is 3.16. The van der Waals surface area contributed by atoms with Crippen molar-refractivity contribution in [3.8, 4) is 0 Å². The molecule has 0 aromatic carbocycles. The van der Waals surface area contributed by atoms with Crippen LogP contribution in [0.15, 0.2) is 0 Å². The highest BCUT2D eigenvalue weighted by Crippen LogP contribution is 2.38. The lowest BCUT2D eigenvalue weighted by Gasteiger charge is -2.23. The fourth-order valence-electron chi connectivity index (χ4n) is 2.65. The molecule has 2 saturated carbocycles. The summed E-state index contributed by atoms with van der Waals surface area (Å²) < 4.78 is 5.07. The predicted molar refractivity (Wildman–Crippen MR) is 76.4 cm³/mol. The Morgan fingerprint density at radius 1 is 1.14 bits per heavy atom. The molecular formula is C15H24N2O4. The number of carbonyl (C=O) groups is 3. The maximum Gasteiger partial charge on any atom is 0.321 e. The summed E-state index contributed by atoms with van der Waals surface area (Å²) in [5, 5.41) is 5.03. The molecule has 0 aromatic rings. The highest BCUT2D eigenvalue weighted by Gasteiger charge is 2.41. The van der Waals surface area contributed by atoms with Crippen LogP contribution in [-0.2, 0) is 14.3 Å². The summed E-state index contributed by atoms with van der Waals surface area (Å²) in [5.41, 5.74) is 0. The first-order valence-electron chi connectivity index (χ1n) is 7.79. The molecule has 2 aliphatic carbocycles. The van der Waals surface area contributed by atoms with Crippen LogP contribution in [-0.4, -0.2) is 30.1 Å². The van der Waals surface area contributed by atoms with Crippen molar-refractivity contribution in [2.75, 3.05) is 0 Å². The predicted octanol–water partition coefficient (Wildman–Crippen LogP) is 1.73. The van der Waals surface area contributed by atoms with E-state index in [-0.39, 0.29) is 17.9 Å². The summed E-state index contributed by atoms with van der Waals surface area (Å²) in [7, 11) is 0. The molecule has 2 fully saturated rings. The molecule has 2 rings (SSSR count). The lowest BCUT2D eigenvalue weighted by molar-refractivity contribution is -0.156. The summed E-state index contributed by atoms with van der Waals surface area (Å²) >= 11 is 0. The smallest absolute Gasteiger partial charge is 0.321 e. The van der Waals surface area contributed by atoms with E-state index in [4.69, 9.17) is 4.74 Å². The van der Waals surface area contributed by atoms with Gasteiger partial charge in [-0.3, -0.25) is 14.9 Å². The topological polar surface area (TPSA) is 84.5 Å². The Balaban J connectivity index is 1.69. The highest BCUT2D eigenvalue weighted by atomic mass is 16.5. The van der Waals surface area contributed by atoms with Gasteiger partial charge in [0.05, 0.1) is 5.92 Å². The lowest BCUT2D eigenvalue weighted by atomic mass is 9.96. The number of urea groups is 1. The Kier molecular flexibility index (Phi) is 5.20. The van der Waals surface area contributed by atoms with E-state index in [2.05, 4.69) is 10.6 Å². The molecule has 0 radical (unpaired) electrons. The molecule has 3 amide bonds. The van der Waals surface area contributed by atoms with Crippen molar-refractivity contribution in [1.29, 1.82) is 0 Å². The molecule has 21 heavy (non-hydrogen) atoms. The van der Waals surface area contributed by atoms with Gasteiger partial charge in [0, 0.05) is 6.04 Å². The van der Waals surface area contributed by atoms with Gasteiger partial charge in [-0.05, 0) is 32.1 Å². The number of hydrogen-bond donors (Lipinski definition) is 2. The third kappa shape index (κ3) is 4.72. The zero-order chi connectivity index (χ0) is 15.4. The van der Waals surface area contributed by atoms with Gasteiger partial charge in [0.25, 0.3) is 5.91 Å². The second-order valence-electron chi connectivity index (χ2n) is 6.20. The van der Waals surface area contributed by atoms with Crippen molar-refractivity contribution in [1.82, 2.24) is 10.6 Å². The number of imide groups is 1. The van der Waals surface area contributed by atoms with Gasteiger partial charge in [0.2, 0.25) is 0 Å². The van der Waals surface area contributed by atoms with Gasteiger partial charge in [0.15, 0.2) is 6.10 Å². The van der Waals surface area contributed by atoms with Crippen molar-refractivity contribution < 1.29 is 19.1 Å². The molecule has 0 spiro atoms. The summed E-state index contributed by atoms with van der Waals surface area (Å²) in [6, 6.07) is -0.369. The Labute approximate surface area is 125 Å². The van der Waals surface area contributed by atoms with Gasteiger partial charge in [-0.2, -0.15) is 0 Å². The average molecular weight is 296 g/mol. The Morgan fingerprint density at radius 2 is 1.76 bits per heavy atom. The standard InChI is InChI=1S/C15H24N2O4/c1-9-8-12(9)14(19)21-10(2)13(18)17-15(20)16-11-6-4-3-5-7-11/h9-12H,3-8H2,1-2H3,(H2,16,17,18,20)/t9-,10+,12+/m1/s1. The maximum atomic E-state index is 11.8. The zero-order valence-corrected chi connectivity index (χ0v) is 12.7. The van der Waals surface area contributed by atoms with Gasteiger partial charge in [-0.15, -0.1) is 0 Å². The number of amides is 3. The number of nitrogens with one attached hydrogen (secondary N) is 2. The van der Waals surface area contributed by atoms with Gasteiger partial charge in [-0.25, -0.2) is 4.79 Å². The van der Waals surface area contributed by atoms with Crippen LogP contribution in [0.25, 0.3) is 0 Å². The highest BCUT2D eigenvalue weighted by molar-refractivity contribution is 5.97. The first kappa shape index (κ1) is 15.8. The molecular weight excluding hydrogens is 272 g/mol. The van der Waals surface area contributed by atoms with E-state index < -0.39 is 18.0 Å². The summed E-state index contributed by atoms with van der Waals surface area (Å²) in [6.45, 7) is 3.45. The first-order valence-corrected chi connectivity index (χ1v) is 7.79. The number of rotatable bonds is 4. The van der Waals surface area contributed by atoms with Crippen LogP contribution in [0.5, 0.6) is 0 Å². The molecule has 118 valence electrons. The van der Waals surface area contributed by atoms with E-state index in [9.17, 15) is 14.4 Å². The van der Waals surface area contributed by atoms with Crippen LogP contribution in [0.3, 0.4) is 0 Å². The van der Waals surface area contributed by atoms with Crippen molar-refractivity contribution in [3.63, 3.8) is 0 Å². The second kappa shape index (κ2) is 6.91. The zero-order valence-electron chi connectivity index (χ0n) is 12.7. The SMILES string of the molecule is C[C@H](OC(=O)[C@H]1C[C@H]1C)C(=O)NC(=O)NC1CCCCC1. The molecule has 2 aliphatic rings. The summed E-state index contributed by atoms with van der Waals surface area (Å²) in [6.07, 6.45) is 5.18. The third-order valence-corrected chi connectivity index (χ3v) is 4.25. The van der Waals surface area contributed by atoms with E-state index in [1.54, 1.807) is 0 Å². The van der Waals surface area contributed by atoms with Crippen LogP contribution in [0.2, 0.25) is 0 Å². The van der Waals surface area contributed by atoms with Gasteiger partial charge >= 0.3 is 12.0 Å².